The van der Waals surface area contributed by atoms with Crippen molar-refractivity contribution in [2.45, 2.75) is 20.3 Å². The predicted molar refractivity (Wildman–Crippen MR) is 124 cm³/mol. The Morgan fingerprint density at radius 2 is 1.52 bits per heavy atom. The first kappa shape index (κ1) is 19.6. The van der Waals surface area contributed by atoms with Crippen LogP contribution in [-0.4, -0.2) is 18.4 Å². The third-order valence-corrected chi connectivity index (χ3v) is 6.07. The zero-order valence-electron chi connectivity index (χ0n) is 17.4. The Morgan fingerprint density at radius 3 is 2.23 bits per heavy atom. The van der Waals surface area contributed by atoms with E-state index in [1.54, 1.807) is 24.3 Å². The molecule has 31 heavy (non-hydrogen) atoms. The second-order valence-corrected chi connectivity index (χ2v) is 8.49. The van der Waals surface area contributed by atoms with Gasteiger partial charge in [0.2, 0.25) is 0 Å². The molecule has 2 aliphatic rings. The molecule has 0 bridgehead atoms. The largest absolute Gasteiger partial charge is 0.336 e. The lowest BCUT2D eigenvalue weighted by molar-refractivity contribution is -0.120. The summed E-state index contributed by atoms with van der Waals surface area (Å²) in [5.74, 6) is -0.603. The number of rotatable bonds is 3. The topological polar surface area (TPSA) is 40.6 Å². The molecule has 0 radical (unpaired) electrons. The van der Waals surface area contributed by atoms with E-state index in [9.17, 15) is 9.59 Å². The van der Waals surface area contributed by atoms with Crippen molar-refractivity contribution in [3.8, 4) is 0 Å². The number of carbonyl (C=O) groups excluding carboxylic acids is 2. The van der Waals surface area contributed by atoms with E-state index >= 15 is 0 Å². The number of anilines is 2. The molecule has 0 atom stereocenters. The minimum absolute atomic E-state index is 0.295. The lowest BCUT2D eigenvalue weighted by atomic mass is 10.0. The van der Waals surface area contributed by atoms with Crippen LogP contribution in [0.5, 0.6) is 0 Å². The fraction of sp³-hybridized carbons (Fsp3) is 0.154. The maximum atomic E-state index is 13.8. The van der Waals surface area contributed by atoms with E-state index in [0.29, 0.717) is 34.1 Å². The fourth-order valence-electron chi connectivity index (χ4n) is 4.53. The van der Waals surface area contributed by atoms with Gasteiger partial charge in [0.25, 0.3) is 11.8 Å². The maximum Gasteiger partial charge on any atom is 0.282 e. The molecule has 0 spiro atoms. The number of nitrogens with zero attached hydrogens (tertiary/aromatic N) is 2. The first-order valence-corrected chi connectivity index (χ1v) is 10.6. The molecular weight excluding hydrogens is 408 g/mol. The molecule has 4 nitrogen and oxygen atoms in total. The number of amides is 2. The van der Waals surface area contributed by atoms with Gasteiger partial charge in [-0.3, -0.25) is 9.59 Å². The molecule has 2 amide bonds. The normalized spacial score (nSPS) is 15.8. The van der Waals surface area contributed by atoms with Crippen LogP contribution in [0.4, 0.5) is 11.4 Å². The second-order valence-electron chi connectivity index (χ2n) is 8.05. The predicted octanol–water partition coefficient (Wildman–Crippen LogP) is 5.30. The molecule has 0 aromatic heterocycles. The number of hydrogen-bond acceptors (Lipinski definition) is 3. The van der Waals surface area contributed by atoms with Crippen LogP contribution in [0.3, 0.4) is 0 Å². The number of hydrogen-bond donors (Lipinski definition) is 0. The van der Waals surface area contributed by atoms with Crippen LogP contribution in [0.1, 0.15) is 22.3 Å². The van der Waals surface area contributed by atoms with Crippen molar-refractivity contribution >= 4 is 40.4 Å². The summed E-state index contributed by atoms with van der Waals surface area (Å²) in [6.07, 6.45) is 0.832. The number of fused-ring (bicyclic) bond motifs is 1. The van der Waals surface area contributed by atoms with Crippen LogP contribution in [0.15, 0.2) is 72.4 Å². The number of halogens is 1. The van der Waals surface area contributed by atoms with Crippen LogP contribution in [0.2, 0.25) is 5.02 Å². The summed E-state index contributed by atoms with van der Waals surface area (Å²) in [7, 11) is 0. The summed E-state index contributed by atoms with van der Waals surface area (Å²) in [4.78, 5) is 30.8. The highest BCUT2D eigenvalue weighted by atomic mass is 35.5. The number of para-hydroxylation sites is 1. The van der Waals surface area contributed by atoms with Gasteiger partial charge in [-0.1, -0.05) is 48.0 Å². The van der Waals surface area contributed by atoms with Crippen molar-refractivity contribution in [2.75, 3.05) is 16.3 Å². The summed E-state index contributed by atoms with van der Waals surface area (Å²) in [6, 6.07) is 20.9. The highest BCUT2D eigenvalue weighted by molar-refractivity contribution is 6.46. The van der Waals surface area contributed by atoms with Gasteiger partial charge in [0, 0.05) is 17.3 Å². The van der Waals surface area contributed by atoms with E-state index < -0.39 is 0 Å². The van der Waals surface area contributed by atoms with Crippen LogP contribution < -0.4 is 9.80 Å². The Bertz CT molecular complexity index is 1240. The molecule has 3 aromatic rings. The molecule has 0 N–H and O–H groups in total. The summed E-state index contributed by atoms with van der Waals surface area (Å²) in [6.45, 7) is 4.59. The van der Waals surface area contributed by atoms with Crippen molar-refractivity contribution < 1.29 is 9.59 Å². The Morgan fingerprint density at radius 1 is 0.839 bits per heavy atom. The summed E-state index contributed by atoms with van der Waals surface area (Å²) >= 11 is 6.08. The number of carbonyl (C=O) groups is 2. The molecule has 0 unspecified atom stereocenters. The van der Waals surface area contributed by atoms with Gasteiger partial charge in [-0.2, -0.15) is 0 Å². The van der Waals surface area contributed by atoms with Crippen LogP contribution in [0.25, 0.3) is 5.57 Å². The van der Waals surface area contributed by atoms with E-state index in [2.05, 4.69) is 6.07 Å². The fourth-order valence-corrected chi connectivity index (χ4v) is 4.66. The molecule has 2 heterocycles. The molecule has 5 rings (SSSR count). The van der Waals surface area contributed by atoms with Crippen molar-refractivity contribution in [3.05, 3.63) is 99.7 Å². The third-order valence-electron chi connectivity index (χ3n) is 5.81. The molecular formula is C26H21ClN2O2. The van der Waals surface area contributed by atoms with Gasteiger partial charge in [-0.05, 0) is 72.9 Å². The number of aryl methyl sites for hydroxylation is 2. The van der Waals surface area contributed by atoms with E-state index in [0.717, 1.165) is 23.2 Å². The lowest BCUT2D eigenvalue weighted by Crippen LogP contribution is -2.35. The summed E-state index contributed by atoms with van der Waals surface area (Å²) in [5.41, 5.74) is 6.29. The number of imide groups is 1. The van der Waals surface area contributed by atoms with E-state index in [1.165, 1.54) is 10.5 Å². The maximum absolute atomic E-state index is 13.8. The Balaban J connectivity index is 1.69. The molecule has 3 aromatic carbocycles. The van der Waals surface area contributed by atoms with Crippen molar-refractivity contribution in [1.29, 1.82) is 0 Å². The summed E-state index contributed by atoms with van der Waals surface area (Å²) in [5, 5.41) is 0.584. The molecule has 2 aliphatic heterocycles. The third kappa shape index (κ3) is 3.24. The van der Waals surface area contributed by atoms with Gasteiger partial charge in [0.15, 0.2) is 0 Å². The van der Waals surface area contributed by atoms with Crippen molar-refractivity contribution in [1.82, 2.24) is 0 Å². The SMILES string of the molecule is Cc1cc(C)cc(N2C(=O)C(c3ccc(Cl)cc3)=C(N3CCc4ccccc43)C2=O)c1. The van der Waals surface area contributed by atoms with Crippen LogP contribution >= 0.6 is 11.6 Å². The zero-order valence-corrected chi connectivity index (χ0v) is 18.1. The van der Waals surface area contributed by atoms with Gasteiger partial charge in [0.1, 0.15) is 5.70 Å². The highest BCUT2D eigenvalue weighted by Gasteiger charge is 2.44. The Hall–Kier alpha value is -3.37. The summed E-state index contributed by atoms with van der Waals surface area (Å²) < 4.78 is 0. The lowest BCUT2D eigenvalue weighted by Gasteiger charge is -2.22. The monoisotopic (exact) mass is 428 g/mol. The Kier molecular flexibility index (Phi) is 4.67. The van der Waals surface area contributed by atoms with Gasteiger partial charge in [-0.25, -0.2) is 4.90 Å². The average molecular weight is 429 g/mol. The van der Waals surface area contributed by atoms with Gasteiger partial charge < -0.3 is 4.90 Å². The molecule has 0 saturated carbocycles. The van der Waals surface area contributed by atoms with E-state index in [1.807, 2.05) is 55.1 Å². The Labute approximate surface area is 186 Å². The standard InChI is InChI=1S/C26H21ClN2O2/c1-16-13-17(2)15-21(14-16)29-25(30)23(19-7-9-20(27)10-8-19)24(26(29)31)28-12-11-18-5-3-4-6-22(18)28/h3-10,13-15H,11-12H2,1-2H3. The van der Waals surface area contributed by atoms with E-state index in [4.69, 9.17) is 11.6 Å². The van der Waals surface area contributed by atoms with Crippen LogP contribution in [0, 0.1) is 13.8 Å². The number of benzene rings is 3. The molecule has 0 aliphatic carbocycles. The molecule has 0 saturated heterocycles. The van der Waals surface area contributed by atoms with E-state index in [-0.39, 0.29) is 11.8 Å². The van der Waals surface area contributed by atoms with Gasteiger partial charge in [-0.15, -0.1) is 0 Å². The quantitative estimate of drug-likeness (QED) is 0.531. The average Bonchev–Trinajstić information content (AvgIpc) is 3.26. The van der Waals surface area contributed by atoms with Crippen LogP contribution in [-0.2, 0) is 16.0 Å². The van der Waals surface area contributed by atoms with Crippen molar-refractivity contribution in [3.63, 3.8) is 0 Å². The minimum Gasteiger partial charge on any atom is -0.336 e. The highest BCUT2D eigenvalue weighted by Crippen LogP contribution is 2.40. The smallest absolute Gasteiger partial charge is 0.282 e. The van der Waals surface area contributed by atoms with Gasteiger partial charge in [0.05, 0.1) is 11.3 Å². The second kappa shape index (κ2) is 7.40. The first-order valence-electron chi connectivity index (χ1n) is 10.3. The molecule has 154 valence electrons. The zero-order chi connectivity index (χ0) is 21.7. The van der Waals surface area contributed by atoms with Crippen molar-refractivity contribution in [2.24, 2.45) is 0 Å². The molecule has 5 heteroatoms. The van der Waals surface area contributed by atoms with Gasteiger partial charge >= 0.3 is 0 Å². The first-order chi connectivity index (χ1) is 14.9. The molecule has 0 fully saturated rings. The minimum atomic E-state index is -0.309.